The molecule has 1 aliphatic carbocycles. The summed E-state index contributed by atoms with van der Waals surface area (Å²) in [5.41, 5.74) is 6.07. The van der Waals surface area contributed by atoms with E-state index in [0.717, 1.165) is 12.0 Å². The van der Waals surface area contributed by atoms with Gasteiger partial charge >= 0.3 is 5.69 Å². The molecule has 0 saturated heterocycles. The van der Waals surface area contributed by atoms with Crippen molar-refractivity contribution in [3.05, 3.63) is 98.3 Å². The number of aryl methyl sites for hydroxylation is 1. The average Bonchev–Trinajstić information content (AvgIpc) is 3.19. The van der Waals surface area contributed by atoms with Crippen molar-refractivity contribution in [1.29, 1.82) is 0 Å². The molecular formula is C28H34N4O6. The van der Waals surface area contributed by atoms with E-state index in [2.05, 4.69) is 4.98 Å². The Kier molecular flexibility index (Phi) is 8.77. The molecule has 0 bridgehead atoms. The minimum Gasteiger partial charge on any atom is -0.494 e. The number of hydrogen-bond acceptors (Lipinski definition) is 7. The Labute approximate surface area is 220 Å². The number of nitrogens with two attached hydrogens (primary N) is 1. The minimum absolute atomic E-state index is 0.161. The molecule has 38 heavy (non-hydrogen) atoms. The highest BCUT2D eigenvalue weighted by Gasteiger charge is 2.44. The van der Waals surface area contributed by atoms with Gasteiger partial charge in [0.1, 0.15) is 11.9 Å². The third-order valence-electron chi connectivity index (χ3n) is 6.95. The summed E-state index contributed by atoms with van der Waals surface area (Å²) in [5.74, 6) is -0.0892. The summed E-state index contributed by atoms with van der Waals surface area (Å²) in [7, 11) is 0. The van der Waals surface area contributed by atoms with Gasteiger partial charge in [-0.25, -0.2) is 4.79 Å². The van der Waals surface area contributed by atoms with Gasteiger partial charge in [-0.1, -0.05) is 30.3 Å². The molecule has 1 fully saturated rings. The van der Waals surface area contributed by atoms with Crippen molar-refractivity contribution in [2.45, 2.75) is 44.6 Å². The summed E-state index contributed by atoms with van der Waals surface area (Å²) in [6.07, 6.45) is -0.0217. The number of H-pyrrole nitrogens is 1. The molecule has 2 aromatic carbocycles. The predicted octanol–water partition coefficient (Wildman–Crippen LogP) is 1.20. The zero-order valence-corrected chi connectivity index (χ0v) is 21.3. The number of nitrogens with zero attached hydrogens (tertiary/aromatic N) is 2. The molecule has 0 unspecified atom stereocenters. The van der Waals surface area contributed by atoms with Crippen molar-refractivity contribution in [3.63, 3.8) is 0 Å². The van der Waals surface area contributed by atoms with Crippen molar-refractivity contribution in [3.8, 4) is 5.75 Å². The van der Waals surface area contributed by atoms with Crippen LogP contribution in [0.5, 0.6) is 5.75 Å². The number of benzene rings is 2. The summed E-state index contributed by atoms with van der Waals surface area (Å²) in [4.78, 5) is 41.7. The van der Waals surface area contributed by atoms with Gasteiger partial charge in [-0.05, 0) is 56.1 Å². The van der Waals surface area contributed by atoms with Crippen molar-refractivity contribution in [1.82, 2.24) is 14.5 Å². The van der Waals surface area contributed by atoms with Gasteiger partial charge in [-0.3, -0.25) is 19.1 Å². The second kappa shape index (κ2) is 12.2. The Hall–Kier alpha value is -3.73. The Morgan fingerprint density at radius 3 is 2.50 bits per heavy atom. The number of carbonyl (C=O) groups is 1. The second-order valence-electron chi connectivity index (χ2n) is 9.71. The van der Waals surface area contributed by atoms with E-state index in [-0.39, 0.29) is 18.9 Å². The number of aliphatic hydroxyl groups excluding tert-OH is 2. The monoisotopic (exact) mass is 522 g/mol. The lowest BCUT2D eigenvalue weighted by molar-refractivity contribution is -0.000571. The SMILES string of the molecule is Cc1cn([C@@H]2C[C@@H](CN(Cc3ccccc3)C(=O)c3ccc(OCCCN)cc3)[C@@H](O)[C@@H]2O)c(=O)[nH]c1=O. The predicted molar refractivity (Wildman–Crippen MR) is 142 cm³/mol. The van der Waals surface area contributed by atoms with Gasteiger partial charge in [-0.2, -0.15) is 0 Å². The van der Waals surface area contributed by atoms with Crippen LogP contribution in [0, 0.1) is 12.8 Å². The van der Waals surface area contributed by atoms with Gasteiger partial charge in [0.15, 0.2) is 0 Å². The fourth-order valence-corrected chi connectivity index (χ4v) is 4.84. The molecule has 0 radical (unpaired) electrons. The molecular weight excluding hydrogens is 488 g/mol. The number of nitrogens with one attached hydrogen (secondary N) is 1. The number of carbonyl (C=O) groups excluding carboxylic acids is 1. The molecule has 4 rings (SSSR count). The van der Waals surface area contributed by atoms with E-state index in [1.54, 1.807) is 36.1 Å². The average molecular weight is 523 g/mol. The normalized spacial score (nSPS) is 20.8. The maximum atomic E-state index is 13.6. The zero-order valence-electron chi connectivity index (χ0n) is 21.3. The maximum Gasteiger partial charge on any atom is 0.328 e. The first-order valence-corrected chi connectivity index (χ1v) is 12.7. The largest absolute Gasteiger partial charge is 0.494 e. The number of amides is 1. The quantitative estimate of drug-likeness (QED) is 0.292. The number of aromatic nitrogens is 2. The van der Waals surface area contributed by atoms with Crippen LogP contribution in [-0.2, 0) is 6.54 Å². The van der Waals surface area contributed by atoms with E-state index in [4.69, 9.17) is 10.5 Å². The molecule has 10 nitrogen and oxygen atoms in total. The lowest BCUT2D eigenvalue weighted by atomic mass is 10.0. The van der Waals surface area contributed by atoms with E-state index >= 15 is 0 Å². The van der Waals surface area contributed by atoms with Gasteiger partial charge in [0.05, 0.1) is 18.8 Å². The highest BCUT2D eigenvalue weighted by molar-refractivity contribution is 5.94. The Bertz CT molecular complexity index is 1340. The molecule has 5 N–H and O–H groups in total. The number of aliphatic hydroxyl groups is 2. The van der Waals surface area contributed by atoms with Crippen LogP contribution in [0.15, 0.2) is 70.4 Å². The standard InChI is InChI=1S/C28H34N4O6/c1-18-15-32(28(37)30-26(18)35)23-14-21(24(33)25(23)34)17-31(16-19-6-3-2-4-7-19)27(36)20-8-10-22(11-9-20)38-13-5-12-29/h2-4,6-11,15,21,23-25,33-34H,5,12-14,16-17,29H2,1H3,(H,30,35,37)/t21-,23+,24+,25+/m0/s1. The van der Waals surface area contributed by atoms with Gasteiger partial charge in [0, 0.05) is 36.3 Å². The van der Waals surface area contributed by atoms with Crippen molar-refractivity contribution < 1.29 is 19.7 Å². The van der Waals surface area contributed by atoms with Crippen LogP contribution in [0.4, 0.5) is 0 Å². The number of hydrogen-bond donors (Lipinski definition) is 4. The van der Waals surface area contributed by atoms with Crippen LogP contribution < -0.4 is 21.7 Å². The summed E-state index contributed by atoms with van der Waals surface area (Å²) in [6, 6.07) is 15.6. The van der Waals surface area contributed by atoms with Crippen LogP contribution in [0.2, 0.25) is 0 Å². The van der Waals surface area contributed by atoms with Gasteiger partial charge in [0.25, 0.3) is 11.5 Å². The smallest absolute Gasteiger partial charge is 0.328 e. The maximum absolute atomic E-state index is 13.6. The van der Waals surface area contributed by atoms with Crippen LogP contribution >= 0.6 is 0 Å². The first-order valence-electron chi connectivity index (χ1n) is 12.7. The molecule has 1 saturated carbocycles. The van der Waals surface area contributed by atoms with E-state index in [1.165, 1.54) is 10.8 Å². The first kappa shape index (κ1) is 27.3. The highest BCUT2D eigenvalue weighted by atomic mass is 16.5. The molecule has 1 aromatic heterocycles. The van der Waals surface area contributed by atoms with Crippen LogP contribution in [-0.4, -0.2) is 62.5 Å². The lowest BCUT2D eigenvalue weighted by Crippen LogP contribution is -2.39. The van der Waals surface area contributed by atoms with Gasteiger partial charge in [-0.15, -0.1) is 0 Å². The fourth-order valence-electron chi connectivity index (χ4n) is 4.84. The second-order valence-corrected chi connectivity index (χ2v) is 9.71. The van der Waals surface area contributed by atoms with Gasteiger partial charge < -0.3 is 25.6 Å². The summed E-state index contributed by atoms with van der Waals surface area (Å²) < 4.78 is 6.90. The topological polar surface area (TPSA) is 151 Å². The molecule has 10 heteroatoms. The molecule has 0 spiro atoms. The molecule has 1 heterocycles. The van der Waals surface area contributed by atoms with E-state index < -0.39 is 35.4 Å². The van der Waals surface area contributed by atoms with E-state index in [1.807, 2.05) is 30.3 Å². The fraction of sp³-hybridized carbons (Fsp3) is 0.393. The van der Waals surface area contributed by atoms with Crippen molar-refractivity contribution >= 4 is 5.91 Å². The molecule has 3 aromatic rings. The Morgan fingerprint density at radius 1 is 1.11 bits per heavy atom. The third kappa shape index (κ3) is 6.21. The molecule has 1 amide bonds. The molecule has 4 atom stereocenters. The number of rotatable bonds is 10. The lowest BCUT2D eigenvalue weighted by Gasteiger charge is -2.28. The highest BCUT2D eigenvalue weighted by Crippen LogP contribution is 2.35. The number of aromatic amines is 1. The van der Waals surface area contributed by atoms with Crippen LogP contribution in [0.3, 0.4) is 0 Å². The summed E-state index contributed by atoms with van der Waals surface area (Å²) >= 11 is 0. The van der Waals surface area contributed by atoms with Crippen molar-refractivity contribution in [2.24, 2.45) is 11.7 Å². The van der Waals surface area contributed by atoms with E-state index in [0.29, 0.717) is 36.6 Å². The third-order valence-corrected chi connectivity index (χ3v) is 6.95. The molecule has 0 aliphatic heterocycles. The Balaban J connectivity index is 1.55. The minimum atomic E-state index is -1.23. The number of ether oxygens (including phenoxy) is 1. The van der Waals surface area contributed by atoms with Crippen LogP contribution in [0.25, 0.3) is 0 Å². The Morgan fingerprint density at radius 2 is 1.82 bits per heavy atom. The summed E-state index contributed by atoms with van der Waals surface area (Å²) in [5, 5.41) is 21.7. The first-order chi connectivity index (χ1) is 18.3. The zero-order chi connectivity index (χ0) is 27.2. The summed E-state index contributed by atoms with van der Waals surface area (Å²) in [6.45, 7) is 3.05. The molecule has 202 valence electrons. The van der Waals surface area contributed by atoms with E-state index in [9.17, 15) is 24.6 Å². The van der Waals surface area contributed by atoms with Crippen molar-refractivity contribution in [2.75, 3.05) is 19.7 Å². The van der Waals surface area contributed by atoms with Gasteiger partial charge in [0.2, 0.25) is 0 Å². The molecule has 1 aliphatic rings. The van der Waals surface area contributed by atoms with Crippen LogP contribution in [0.1, 0.15) is 40.4 Å².